The summed E-state index contributed by atoms with van der Waals surface area (Å²) in [5.74, 6) is -3.03. The third-order valence-corrected chi connectivity index (χ3v) is 3.31. The molecule has 1 atom stereocenters. The molecule has 0 fully saturated rings. The second-order valence-electron chi connectivity index (χ2n) is 4.96. The van der Waals surface area contributed by atoms with Crippen molar-refractivity contribution in [2.45, 2.75) is 12.5 Å². The number of hydrogen-bond acceptors (Lipinski definition) is 3. The predicted octanol–water partition coefficient (Wildman–Crippen LogP) is 3.24. The van der Waals surface area contributed by atoms with Crippen molar-refractivity contribution in [1.82, 2.24) is 0 Å². The lowest BCUT2D eigenvalue weighted by molar-refractivity contribution is -0.125. The fraction of sp³-hybridized carbons (Fsp3) is 0.125. The number of oxime groups is 1. The molecular weight excluding hydrogens is 309 g/mol. The second-order valence-corrected chi connectivity index (χ2v) is 4.96. The van der Waals surface area contributed by atoms with Crippen molar-refractivity contribution in [2.24, 2.45) is 5.16 Å². The number of hydrogen-bond donors (Lipinski definition) is 1. The molecule has 2 aromatic carbocycles. The fourth-order valence-electron chi connectivity index (χ4n) is 2.15. The normalized spacial score (nSPS) is 16.7. The lowest BCUT2D eigenvalue weighted by Crippen LogP contribution is -2.28. The number of carbonyl (C=O) groups is 1. The summed E-state index contributed by atoms with van der Waals surface area (Å²) in [6.07, 6.45) is -0.764. The van der Waals surface area contributed by atoms with Crippen molar-refractivity contribution in [2.75, 3.05) is 5.32 Å². The Bertz CT molecular complexity index is 793. The van der Waals surface area contributed by atoms with E-state index in [1.807, 2.05) is 0 Å². The lowest BCUT2D eigenvalue weighted by Gasteiger charge is -2.09. The van der Waals surface area contributed by atoms with E-state index in [9.17, 15) is 18.0 Å². The highest BCUT2D eigenvalue weighted by atomic mass is 19.2. The van der Waals surface area contributed by atoms with Crippen LogP contribution in [0.4, 0.5) is 18.9 Å². The average molecular weight is 320 g/mol. The highest BCUT2D eigenvalue weighted by Crippen LogP contribution is 2.20. The Balaban J connectivity index is 1.65. The van der Waals surface area contributed by atoms with Crippen molar-refractivity contribution in [3.05, 3.63) is 65.5 Å². The summed E-state index contributed by atoms with van der Waals surface area (Å²) in [5, 5.41) is 6.20. The van der Waals surface area contributed by atoms with Crippen LogP contribution in [0.1, 0.15) is 12.0 Å². The zero-order valence-corrected chi connectivity index (χ0v) is 11.7. The minimum Gasteiger partial charge on any atom is -0.382 e. The van der Waals surface area contributed by atoms with Gasteiger partial charge in [0.05, 0.1) is 5.71 Å². The van der Waals surface area contributed by atoms with Gasteiger partial charge in [-0.25, -0.2) is 13.2 Å². The molecule has 0 bridgehead atoms. The van der Waals surface area contributed by atoms with Crippen molar-refractivity contribution in [3.8, 4) is 0 Å². The van der Waals surface area contributed by atoms with Gasteiger partial charge in [0, 0.05) is 23.7 Å². The van der Waals surface area contributed by atoms with E-state index >= 15 is 0 Å². The van der Waals surface area contributed by atoms with Gasteiger partial charge in [-0.2, -0.15) is 0 Å². The van der Waals surface area contributed by atoms with Crippen LogP contribution in [-0.2, 0) is 9.63 Å². The van der Waals surface area contributed by atoms with Crippen LogP contribution < -0.4 is 5.32 Å². The Morgan fingerprint density at radius 2 is 1.96 bits per heavy atom. The van der Waals surface area contributed by atoms with Gasteiger partial charge < -0.3 is 10.2 Å². The van der Waals surface area contributed by atoms with Gasteiger partial charge in [0.25, 0.3) is 5.91 Å². The molecule has 1 aliphatic rings. The van der Waals surface area contributed by atoms with E-state index in [1.54, 1.807) is 6.07 Å². The van der Waals surface area contributed by atoms with Gasteiger partial charge in [-0.1, -0.05) is 17.3 Å². The molecule has 23 heavy (non-hydrogen) atoms. The molecule has 1 aliphatic heterocycles. The van der Waals surface area contributed by atoms with Crippen LogP contribution in [-0.4, -0.2) is 17.7 Å². The Morgan fingerprint density at radius 1 is 1.13 bits per heavy atom. The van der Waals surface area contributed by atoms with Crippen LogP contribution in [0.2, 0.25) is 0 Å². The summed E-state index contributed by atoms with van der Waals surface area (Å²) in [5.41, 5.74) is 1.07. The molecule has 2 aromatic rings. The number of anilines is 1. The van der Waals surface area contributed by atoms with Crippen molar-refractivity contribution in [1.29, 1.82) is 0 Å². The van der Waals surface area contributed by atoms with Gasteiger partial charge in [-0.15, -0.1) is 0 Å². The maximum Gasteiger partial charge on any atom is 0.268 e. The maximum atomic E-state index is 13.2. The van der Waals surface area contributed by atoms with Crippen molar-refractivity contribution >= 4 is 17.3 Å². The summed E-state index contributed by atoms with van der Waals surface area (Å²) in [4.78, 5) is 17.1. The predicted molar refractivity (Wildman–Crippen MR) is 77.4 cm³/mol. The third kappa shape index (κ3) is 3.33. The molecule has 7 heteroatoms. The average Bonchev–Trinajstić information content (AvgIpc) is 3.01. The Hall–Kier alpha value is -2.83. The summed E-state index contributed by atoms with van der Waals surface area (Å²) < 4.78 is 39.2. The highest BCUT2D eigenvalue weighted by Gasteiger charge is 2.29. The number of halogens is 3. The summed E-state index contributed by atoms with van der Waals surface area (Å²) >= 11 is 0. The lowest BCUT2D eigenvalue weighted by atomic mass is 10.0. The van der Waals surface area contributed by atoms with Crippen LogP contribution in [0.15, 0.2) is 47.6 Å². The van der Waals surface area contributed by atoms with Gasteiger partial charge in [-0.3, -0.25) is 4.79 Å². The molecule has 1 N–H and O–H groups in total. The van der Waals surface area contributed by atoms with E-state index < -0.39 is 29.5 Å². The quantitative estimate of drug-likeness (QED) is 0.944. The molecule has 4 nitrogen and oxygen atoms in total. The molecule has 1 unspecified atom stereocenters. The van der Waals surface area contributed by atoms with Gasteiger partial charge in [-0.05, 0) is 24.3 Å². The topological polar surface area (TPSA) is 50.7 Å². The number of carbonyl (C=O) groups excluding carboxylic acids is 1. The van der Waals surface area contributed by atoms with Gasteiger partial charge in [0.2, 0.25) is 6.10 Å². The molecule has 0 aliphatic carbocycles. The molecule has 3 rings (SSSR count). The molecule has 1 amide bonds. The summed E-state index contributed by atoms with van der Waals surface area (Å²) in [7, 11) is 0. The molecule has 118 valence electrons. The minimum absolute atomic E-state index is 0.108. The molecule has 0 radical (unpaired) electrons. The van der Waals surface area contributed by atoms with E-state index in [0.717, 1.165) is 12.1 Å². The fourth-order valence-corrected chi connectivity index (χ4v) is 2.15. The largest absolute Gasteiger partial charge is 0.382 e. The molecule has 0 aromatic heterocycles. The van der Waals surface area contributed by atoms with E-state index in [-0.39, 0.29) is 12.1 Å². The van der Waals surface area contributed by atoms with Crippen LogP contribution in [0.3, 0.4) is 0 Å². The third-order valence-electron chi connectivity index (χ3n) is 3.31. The number of benzene rings is 2. The van der Waals surface area contributed by atoms with Crippen LogP contribution in [0, 0.1) is 17.5 Å². The summed E-state index contributed by atoms with van der Waals surface area (Å²) in [6.45, 7) is 0. The van der Waals surface area contributed by atoms with Crippen molar-refractivity contribution < 1.29 is 22.8 Å². The van der Waals surface area contributed by atoms with Crippen molar-refractivity contribution in [3.63, 3.8) is 0 Å². The van der Waals surface area contributed by atoms with Gasteiger partial charge in [0.1, 0.15) is 5.82 Å². The zero-order valence-electron chi connectivity index (χ0n) is 11.7. The Labute approximate surface area is 129 Å². The first kappa shape index (κ1) is 15.1. The van der Waals surface area contributed by atoms with Gasteiger partial charge in [0.15, 0.2) is 11.6 Å². The van der Waals surface area contributed by atoms with E-state index in [4.69, 9.17) is 4.84 Å². The van der Waals surface area contributed by atoms with Gasteiger partial charge >= 0.3 is 0 Å². The zero-order chi connectivity index (χ0) is 16.4. The Kier molecular flexibility index (Phi) is 4.01. The molecule has 0 saturated heterocycles. The van der Waals surface area contributed by atoms with Crippen LogP contribution in [0.5, 0.6) is 0 Å². The Morgan fingerprint density at radius 3 is 2.70 bits per heavy atom. The minimum atomic E-state index is -1.06. The number of nitrogens with zero attached hydrogens (tertiary/aromatic N) is 1. The standard InChI is InChI=1S/C16H11F3N2O2/c17-10-3-1-2-9(6-10)14-8-15(23-21-14)16(22)20-11-4-5-12(18)13(19)7-11/h1-7,15H,8H2,(H,20,22). The first-order chi connectivity index (χ1) is 11.0. The molecular formula is C16H11F3N2O2. The molecule has 0 spiro atoms. The first-order valence-electron chi connectivity index (χ1n) is 6.77. The maximum absolute atomic E-state index is 13.2. The highest BCUT2D eigenvalue weighted by molar-refractivity contribution is 6.06. The second kappa shape index (κ2) is 6.12. The van der Waals surface area contributed by atoms with E-state index in [0.29, 0.717) is 11.3 Å². The van der Waals surface area contributed by atoms with E-state index in [1.165, 1.54) is 24.3 Å². The molecule has 0 saturated carbocycles. The number of rotatable bonds is 3. The smallest absolute Gasteiger partial charge is 0.268 e. The SMILES string of the molecule is O=C(Nc1ccc(F)c(F)c1)C1CC(c2cccc(F)c2)=NO1. The van der Waals surface area contributed by atoms with Crippen LogP contribution >= 0.6 is 0 Å². The molecule has 1 heterocycles. The van der Waals surface area contributed by atoms with E-state index in [2.05, 4.69) is 10.5 Å². The summed E-state index contributed by atoms with van der Waals surface area (Å²) in [6, 6.07) is 8.79. The monoisotopic (exact) mass is 320 g/mol. The first-order valence-corrected chi connectivity index (χ1v) is 6.77. The number of amides is 1. The number of nitrogens with one attached hydrogen (secondary N) is 1. The van der Waals surface area contributed by atoms with Crippen LogP contribution in [0.25, 0.3) is 0 Å².